The lowest BCUT2D eigenvalue weighted by molar-refractivity contribution is -0.176. The van der Waals surface area contributed by atoms with Crippen LogP contribution in [0.1, 0.15) is 11.1 Å². The Bertz CT molecular complexity index is 675. The van der Waals surface area contributed by atoms with Crippen LogP contribution in [0.4, 0.5) is 13.2 Å². The fourth-order valence-electron chi connectivity index (χ4n) is 2.17. The molecule has 6 nitrogen and oxygen atoms in total. The van der Waals surface area contributed by atoms with Gasteiger partial charge >= 0.3 is 6.18 Å². The first-order valence-corrected chi connectivity index (χ1v) is 8.10. The molecule has 2 rings (SSSR count). The predicted molar refractivity (Wildman–Crippen MR) is 108 cm³/mol. The van der Waals surface area contributed by atoms with Gasteiger partial charge in [0.15, 0.2) is 5.96 Å². The molecule has 0 spiro atoms. The maximum Gasteiger partial charge on any atom is 0.411 e. The quantitative estimate of drug-likeness (QED) is 0.335. The minimum Gasteiger partial charge on any atom is -0.367 e. The van der Waals surface area contributed by atoms with E-state index < -0.39 is 12.8 Å². The Hall–Kier alpha value is -1.82. The number of ether oxygens (including phenoxy) is 1. The van der Waals surface area contributed by atoms with Gasteiger partial charge in [-0.1, -0.05) is 24.3 Å². The lowest BCUT2D eigenvalue weighted by Gasteiger charge is -2.12. The highest BCUT2D eigenvalue weighted by atomic mass is 127. The molecule has 0 saturated heterocycles. The van der Waals surface area contributed by atoms with Gasteiger partial charge < -0.3 is 15.4 Å². The van der Waals surface area contributed by atoms with Crippen molar-refractivity contribution in [1.82, 2.24) is 20.4 Å². The van der Waals surface area contributed by atoms with E-state index in [-0.39, 0.29) is 30.6 Å². The summed E-state index contributed by atoms with van der Waals surface area (Å²) in [5.74, 6) is 0.662. The van der Waals surface area contributed by atoms with Crippen molar-refractivity contribution in [3.05, 3.63) is 53.9 Å². The zero-order chi connectivity index (χ0) is 18.8. The second-order valence-electron chi connectivity index (χ2n) is 5.55. The summed E-state index contributed by atoms with van der Waals surface area (Å²) >= 11 is 0. The zero-order valence-corrected chi connectivity index (χ0v) is 17.2. The van der Waals surface area contributed by atoms with Crippen LogP contribution in [-0.4, -0.2) is 42.1 Å². The number of alkyl halides is 3. The van der Waals surface area contributed by atoms with E-state index in [0.29, 0.717) is 24.6 Å². The van der Waals surface area contributed by atoms with E-state index >= 15 is 0 Å². The Balaban J connectivity index is 0.00000364. The average Bonchev–Trinajstić information content (AvgIpc) is 3.11. The molecule has 2 N–H and O–H groups in total. The van der Waals surface area contributed by atoms with Crippen LogP contribution in [0.25, 0.3) is 0 Å². The summed E-state index contributed by atoms with van der Waals surface area (Å²) in [6.45, 7) is 0.642. The van der Waals surface area contributed by atoms with Gasteiger partial charge in [-0.05, 0) is 17.2 Å². The third-order valence-electron chi connectivity index (χ3n) is 3.43. The van der Waals surface area contributed by atoms with Gasteiger partial charge in [0, 0.05) is 32.5 Å². The first-order valence-electron chi connectivity index (χ1n) is 8.10. The number of benzene rings is 1. The molecule has 0 aliphatic carbocycles. The van der Waals surface area contributed by atoms with E-state index in [0.717, 1.165) is 12.1 Å². The molecule has 0 aliphatic rings. The van der Waals surface area contributed by atoms with Gasteiger partial charge in [-0.2, -0.15) is 18.3 Å². The van der Waals surface area contributed by atoms with Crippen molar-refractivity contribution in [2.75, 3.05) is 20.2 Å². The molecule has 0 saturated carbocycles. The molecule has 27 heavy (non-hydrogen) atoms. The molecule has 1 aromatic heterocycles. The minimum atomic E-state index is -4.30. The van der Waals surface area contributed by atoms with Crippen molar-refractivity contribution in [1.29, 1.82) is 0 Å². The van der Waals surface area contributed by atoms with Crippen molar-refractivity contribution < 1.29 is 17.9 Å². The monoisotopic (exact) mass is 497 g/mol. The van der Waals surface area contributed by atoms with E-state index in [2.05, 4.69) is 25.5 Å². The SMILES string of the molecule is CN=C(NCCn1cccn1)NCc1ccc(COCC(F)(F)F)cc1.I. The number of rotatable bonds is 8. The highest BCUT2D eigenvalue weighted by Crippen LogP contribution is 2.15. The smallest absolute Gasteiger partial charge is 0.367 e. The maximum absolute atomic E-state index is 12.0. The van der Waals surface area contributed by atoms with E-state index in [1.807, 2.05) is 29.1 Å². The summed E-state index contributed by atoms with van der Waals surface area (Å²) < 4.78 is 42.6. The third-order valence-corrected chi connectivity index (χ3v) is 3.43. The van der Waals surface area contributed by atoms with E-state index in [4.69, 9.17) is 0 Å². The number of halogens is 4. The lowest BCUT2D eigenvalue weighted by Crippen LogP contribution is -2.38. The van der Waals surface area contributed by atoms with Gasteiger partial charge in [0.25, 0.3) is 0 Å². The van der Waals surface area contributed by atoms with Crippen molar-refractivity contribution >= 4 is 29.9 Å². The Morgan fingerprint density at radius 2 is 1.89 bits per heavy atom. The molecule has 150 valence electrons. The van der Waals surface area contributed by atoms with Gasteiger partial charge in [-0.3, -0.25) is 9.67 Å². The first kappa shape index (κ1) is 23.2. The minimum absolute atomic E-state index is 0. The fraction of sp³-hybridized carbons (Fsp3) is 0.412. The molecule has 0 unspecified atom stereocenters. The number of nitrogens with zero attached hydrogens (tertiary/aromatic N) is 3. The van der Waals surface area contributed by atoms with Gasteiger partial charge in [-0.15, -0.1) is 24.0 Å². The van der Waals surface area contributed by atoms with Crippen LogP contribution in [0.2, 0.25) is 0 Å². The van der Waals surface area contributed by atoms with Gasteiger partial charge in [0.1, 0.15) is 6.61 Å². The molecule has 0 fully saturated rings. The third kappa shape index (κ3) is 9.61. The number of hydrogen-bond donors (Lipinski definition) is 2. The molecular weight excluding hydrogens is 474 g/mol. The Kier molecular flexibility index (Phi) is 10.1. The highest BCUT2D eigenvalue weighted by Gasteiger charge is 2.27. The van der Waals surface area contributed by atoms with Crippen LogP contribution in [0.15, 0.2) is 47.7 Å². The average molecular weight is 497 g/mol. The number of guanidine groups is 1. The molecule has 0 amide bonds. The first-order chi connectivity index (χ1) is 12.5. The number of aromatic nitrogens is 2. The molecule has 0 radical (unpaired) electrons. The van der Waals surface area contributed by atoms with Crippen molar-refractivity contribution in [3.8, 4) is 0 Å². The molecular formula is C17H23F3IN5O. The lowest BCUT2D eigenvalue weighted by atomic mass is 10.1. The van der Waals surface area contributed by atoms with E-state index in [1.54, 1.807) is 25.4 Å². The Morgan fingerprint density at radius 1 is 1.19 bits per heavy atom. The van der Waals surface area contributed by atoms with Gasteiger partial charge in [-0.25, -0.2) is 0 Å². The number of nitrogens with one attached hydrogen (secondary N) is 2. The molecule has 0 aliphatic heterocycles. The largest absolute Gasteiger partial charge is 0.411 e. The summed E-state index contributed by atoms with van der Waals surface area (Å²) in [6, 6.07) is 9.06. The summed E-state index contributed by atoms with van der Waals surface area (Å²) in [5.41, 5.74) is 1.68. The van der Waals surface area contributed by atoms with Gasteiger partial charge in [0.2, 0.25) is 0 Å². The summed E-state index contributed by atoms with van der Waals surface area (Å²) in [5, 5.41) is 10.5. The summed E-state index contributed by atoms with van der Waals surface area (Å²) in [7, 11) is 1.68. The fourth-order valence-corrected chi connectivity index (χ4v) is 2.17. The van der Waals surface area contributed by atoms with Crippen molar-refractivity contribution in [2.45, 2.75) is 25.9 Å². The molecule has 1 aromatic carbocycles. The molecule has 0 bridgehead atoms. The predicted octanol–water partition coefficient (Wildman–Crippen LogP) is 2.95. The molecule has 0 atom stereocenters. The Labute approximate surface area is 173 Å². The maximum atomic E-state index is 12.0. The Morgan fingerprint density at radius 3 is 2.48 bits per heavy atom. The van der Waals surface area contributed by atoms with E-state index in [9.17, 15) is 13.2 Å². The summed E-state index contributed by atoms with van der Waals surface area (Å²) in [6.07, 6.45) is -0.688. The van der Waals surface area contributed by atoms with Crippen LogP contribution in [0.5, 0.6) is 0 Å². The molecule has 10 heteroatoms. The van der Waals surface area contributed by atoms with Crippen LogP contribution in [-0.2, 0) is 24.4 Å². The number of hydrogen-bond acceptors (Lipinski definition) is 3. The zero-order valence-electron chi connectivity index (χ0n) is 14.9. The van der Waals surface area contributed by atoms with Crippen molar-refractivity contribution in [2.24, 2.45) is 4.99 Å². The summed E-state index contributed by atoms with van der Waals surface area (Å²) in [4.78, 5) is 4.14. The van der Waals surface area contributed by atoms with E-state index in [1.165, 1.54) is 0 Å². The molecule has 1 heterocycles. The second-order valence-corrected chi connectivity index (χ2v) is 5.55. The van der Waals surface area contributed by atoms with Gasteiger partial charge in [0.05, 0.1) is 13.2 Å². The van der Waals surface area contributed by atoms with Crippen LogP contribution in [0.3, 0.4) is 0 Å². The normalized spacial score (nSPS) is 11.8. The topological polar surface area (TPSA) is 63.5 Å². The highest BCUT2D eigenvalue weighted by molar-refractivity contribution is 14.0. The standard InChI is InChI=1S/C17H22F3N5O.HI/c1-21-16(22-8-10-25-9-2-7-24-25)23-11-14-3-5-15(6-4-14)12-26-13-17(18,19)20;/h2-7,9H,8,10-13H2,1H3,(H2,21,22,23);1H. The van der Waals surface area contributed by atoms with Crippen LogP contribution in [0, 0.1) is 0 Å². The molecule has 2 aromatic rings. The van der Waals surface area contributed by atoms with Crippen LogP contribution >= 0.6 is 24.0 Å². The van der Waals surface area contributed by atoms with Crippen LogP contribution < -0.4 is 10.6 Å². The van der Waals surface area contributed by atoms with Crippen molar-refractivity contribution in [3.63, 3.8) is 0 Å². The second kappa shape index (κ2) is 11.8. The number of aliphatic imine (C=N–C) groups is 1.